The van der Waals surface area contributed by atoms with Gasteiger partial charge in [-0.2, -0.15) is 0 Å². The van der Waals surface area contributed by atoms with Crippen LogP contribution in [0.25, 0.3) is 0 Å². The van der Waals surface area contributed by atoms with Gasteiger partial charge < -0.3 is 0 Å². The van der Waals surface area contributed by atoms with E-state index in [1.54, 1.807) is 0 Å². The molecule has 6 fully saturated rings. The van der Waals surface area contributed by atoms with Crippen LogP contribution in [0.1, 0.15) is 86.5 Å². The Morgan fingerprint density at radius 3 is 1.42 bits per heavy atom. The smallest absolute Gasteiger partial charge is 0.162 e. The molecule has 2 nitrogen and oxygen atoms in total. The van der Waals surface area contributed by atoms with Gasteiger partial charge >= 0.3 is 0 Å². The van der Waals surface area contributed by atoms with E-state index in [0.29, 0.717) is 47.1 Å². The Bertz CT molecular complexity index is 905. The molecule has 6 rings (SSSR count). The highest BCUT2D eigenvalue weighted by Gasteiger charge is 2.73. The van der Waals surface area contributed by atoms with Crippen molar-refractivity contribution in [2.75, 3.05) is 0 Å². The van der Waals surface area contributed by atoms with Crippen LogP contribution in [0.4, 0.5) is 0 Å². The first-order valence-corrected chi connectivity index (χ1v) is 13.8. The van der Waals surface area contributed by atoms with Crippen LogP contribution in [0.2, 0.25) is 0 Å². The first-order valence-electron chi connectivity index (χ1n) is 13.8. The van der Waals surface area contributed by atoms with Gasteiger partial charge in [-0.05, 0) is 102 Å². The van der Waals surface area contributed by atoms with Gasteiger partial charge in [0.1, 0.15) is 0 Å². The molecule has 0 spiro atoms. The maximum Gasteiger partial charge on any atom is 0.162 e. The van der Waals surface area contributed by atoms with Crippen molar-refractivity contribution in [3.05, 3.63) is 24.3 Å². The molecule has 0 saturated heterocycles. The molecule has 33 heavy (non-hydrogen) atoms. The van der Waals surface area contributed by atoms with Gasteiger partial charge in [0.15, 0.2) is 11.6 Å². The fourth-order valence-corrected chi connectivity index (χ4v) is 11.7. The monoisotopic (exact) mass is 448 g/mol. The SMILES string of the molecule is C=C1C(=O)[C@H](C[C@H]2C(=O)C(=C)[C@@]34CC(C)(C)[C@@H](CC[C@@H]3C)[C@H]24)[C@H]2[C@@H]3CC[C@H](C)[C@]12CC3(C)C. The Kier molecular flexibility index (Phi) is 4.27. The predicted molar refractivity (Wildman–Crippen MR) is 132 cm³/mol. The van der Waals surface area contributed by atoms with Gasteiger partial charge in [0.25, 0.3) is 0 Å². The quantitative estimate of drug-likeness (QED) is 0.424. The molecule has 10 atom stereocenters. The predicted octanol–water partition coefficient (Wildman–Crippen LogP) is 7.04. The molecule has 0 radical (unpaired) electrons. The minimum absolute atomic E-state index is 0.0105. The highest BCUT2D eigenvalue weighted by atomic mass is 16.1. The zero-order valence-electron chi connectivity index (χ0n) is 21.8. The minimum Gasteiger partial charge on any atom is -0.294 e. The molecule has 0 heterocycles. The van der Waals surface area contributed by atoms with Gasteiger partial charge in [0.05, 0.1) is 0 Å². The van der Waals surface area contributed by atoms with Crippen molar-refractivity contribution in [3.8, 4) is 0 Å². The average molecular weight is 449 g/mol. The molecule has 4 bridgehead atoms. The lowest BCUT2D eigenvalue weighted by molar-refractivity contribution is -0.123. The third-order valence-electron chi connectivity index (χ3n) is 12.9. The lowest BCUT2D eigenvalue weighted by atomic mass is 9.58. The molecule has 0 unspecified atom stereocenters. The molecule has 6 aliphatic rings. The molecule has 0 N–H and O–H groups in total. The molecular formula is C31H44O2. The lowest BCUT2D eigenvalue weighted by Crippen LogP contribution is -2.41. The molecule has 0 aromatic carbocycles. The fourth-order valence-electron chi connectivity index (χ4n) is 11.7. The van der Waals surface area contributed by atoms with E-state index in [0.717, 1.165) is 30.4 Å². The van der Waals surface area contributed by atoms with Gasteiger partial charge in [-0.25, -0.2) is 0 Å². The Morgan fingerprint density at radius 1 is 0.697 bits per heavy atom. The minimum atomic E-state index is -0.0252. The second-order valence-electron chi connectivity index (χ2n) is 14.8. The summed E-state index contributed by atoms with van der Waals surface area (Å²) in [7, 11) is 0. The maximum absolute atomic E-state index is 13.9. The summed E-state index contributed by atoms with van der Waals surface area (Å²) in [5, 5.41) is 0. The summed E-state index contributed by atoms with van der Waals surface area (Å²) in [5.41, 5.74) is 2.29. The van der Waals surface area contributed by atoms with Crippen molar-refractivity contribution >= 4 is 11.6 Å². The highest BCUT2D eigenvalue weighted by molar-refractivity contribution is 6.04. The molecule has 0 amide bonds. The lowest BCUT2D eigenvalue weighted by Gasteiger charge is -2.45. The molecule has 180 valence electrons. The van der Waals surface area contributed by atoms with Gasteiger partial charge in [0, 0.05) is 22.7 Å². The molecule has 0 aromatic heterocycles. The van der Waals surface area contributed by atoms with Gasteiger partial charge in [-0.15, -0.1) is 0 Å². The summed E-state index contributed by atoms with van der Waals surface area (Å²) < 4.78 is 0. The molecule has 0 aliphatic heterocycles. The second kappa shape index (κ2) is 6.33. The Hall–Kier alpha value is -1.18. The standard InChI is InChI=1S/C31H44O2/c1-16-9-11-22-24-20(26(32)18(3)30(16,24)14-28(22,5)6)13-21-25-23-12-10-17(2)31(25,15-29(23,7)8)19(4)27(21)33/h16-17,20-25H,3-4,9-15H2,1-2,5-8H3/t16-,17-,20+,21+,22-,23-,24-,25-,30+,31+/m0/s1. The summed E-state index contributed by atoms with van der Waals surface area (Å²) in [6.45, 7) is 23.4. The average Bonchev–Trinajstić information content (AvgIpc) is 3.22. The van der Waals surface area contributed by atoms with E-state index in [1.807, 2.05) is 0 Å². The topological polar surface area (TPSA) is 34.1 Å². The summed E-state index contributed by atoms with van der Waals surface area (Å²) in [6, 6.07) is 0. The number of rotatable bonds is 2. The van der Waals surface area contributed by atoms with Crippen LogP contribution in [0.3, 0.4) is 0 Å². The summed E-state index contributed by atoms with van der Waals surface area (Å²) in [5.74, 6) is 3.57. The van der Waals surface area contributed by atoms with E-state index < -0.39 is 0 Å². The summed E-state index contributed by atoms with van der Waals surface area (Å²) in [4.78, 5) is 27.8. The fraction of sp³-hybridized carbons (Fsp3) is 0.806. The van der Waals surface area contributed by atoms with E-state index in [4.69, 9.17) is 0 Å². The largest absolute Gasteiger partial charge is 0.294 e. The first-order chi connectivity index (χ1) is 15.3. The molecular weight excluding hydrogens is 404 g/mol. The van der Waals surface area contributed by atoms with Crippen LogP contribution < -0.4 is 0 Å². The van der Waals surface area contributed by atoms with E-state index in [2.05, 4.69) is 54.7 Å². The third kappa shape index (κ3) is 2.33. The van der Waals surface area contributed by atoms with E-state index >= 15 is 0 Å². The number of Topliss-reactive ketones (excluding diaryl/α,β-unsaturated/α-hetero) is 2. The number of hydrogen-bond acceptors (Lipinski definition) is 2. The number of ketones is 2. The Balaban J connectivity index is 1.42. The molecule has 6 saturated carbocycles. The zero-order chi connectivity index (χ0) is 23.9. The molecule has 0 aromatic rings. The summed E-state index contributed by atoms with van der Waals surface area (Å²) in [6.07, 6.45) is 7.83. The Labute approximate surface area is 201 Å². The van der Waals surface area contributed by atoms with Gasteiger partial charge in [-0.1, -0.05) is 54.7 Å². The Morgan fingerprint density at radius 2 is 1.06 bits per heavy atom. The van der Waals surface area contributed by atoms with Crippen molar-refractivity contribution < 1.29 is 9.59 Å². The van der Waals surface area contributed by atoms with Gasteiger partial charge in [0.2, 0.25) is 0 Å². The van der Waals surface area contributed by atoms with Crippen LogP contribution >= 0.6 is 0 Å². The normalized spacial score (nSPS) is 53.5. The first kappa shape index (κ1) is 22.3. The summed E-state index contributed by atoms with van der Waals surface area (Å²) >= 11 is 0. The van der Waals surface area contributed by atoms with Crippen LogP contribution in [0, 0.1) is 69.0 Å². The number of carbonyl (C=O) groups is 2. The van der Waals surface area contributed by atoms with Crippen molar-refractivity contribution in [2.45, 2.75) is 86.5 Å². The van der Waals surface area contributed by atoms with Crippen LogP contribution in [-0.4, -0.2) is 11.6 Å². The third-order valence-corrected chi connectivity index (χ3v) is 12.9. The van der Waals surface area contributed by atoms with E-state index in [-0.39, 0.29) is 33.5 Å². The van der Waals surface area contributed by atoms with E-state index in [1.165, 1.54) is 25.7 Å². The highest BCUT2D eigenvalue weighted by Crippen LogP contribution is 2.76. The number of carbonyl (C=O) groups excluding carboxylic acids is 2. The van der Waals surface area contributed by atoms with Crippen molar-refractivity contribution in [3.63, 3.8) is 0 Å². The van der Waals surface area contributed by atoms with E-state index in [9.17, 15) is 9.59 Å². The number of hydrogen-bond donors (Lipinski definition) is 0. The van der Waals surface area contributed by atoms with Crippen LogP contribution in [0.15, 0.2) is 24.3 Å². The van der Waals surface area contributed by atoms with Crippen molar-refractivity contribution in [1.29, 1.82) is 0 Å². The second-order valence-corrected chi connectivity index (χ2v) is 14.8. The van der Waals surface area contributed by atoms with Gasteiger partial charge in [-0.3, -0.25) is 9.59 Å². The van der Waals surface area contributed by atoms with Crippen LogP contribution in [-0.2, 0) is 9.59 Å². The van der Waals surface area contributed by atoms with Crippen molar-refractivity contribution in [2.24, 2.45) is 69.0 Å². The zero-order valence-corrected chi connectivity index (χ0v) is 21.8. The molecule has 2 heteroatoms. The molecule has 6 aliphatic carbocycles. The van der Waals surface area contributed by atoms with Crippen LogP contribution in [0.5, 0.6) is 0 Å². The number of allylic oxidation sites excluding steroid dienone is 2. The maximum atomic E-state index is 13.9. The van der Waals surface area contributed by atoms with Crippen molar-refractivity contribution in [1.82, 2.24) is 0 Å².